The van der Waals surface area contributed by atoms with Gasteiger partial charge in [-0.15, -0.1) is 0 Å². The van der Waals surface area contributed by atoms with Crippen molar-refractivity contribution in [1.82, 2.24) is 13.7 Å². The lowest BCUT2D eigenvalue weighted by molar-refractivity contribution is 1.16. The summed E-state index contributed by atoms with van der Waals surface area (Å²) in [4.78, 5) is 0. The van der Waals surface area contributed by atoms with Crippen molar-refractivity contribution in [1.29, 1.82) is 0 Å². The van der Waals surface area contributed by atoms with Crippen LogP contribution in [0.3, 0.4) is 0 Å². The van der Waals surface area contributed by atoms with Crippen LogP contribution in [-0.2, 0) is 0 Å². The maximum atomic E-state index is 2.44. The fourth-order valence-corrected chi connectivity index (χ4v) is 9.93. The van der Waals surface area contributed by atoms with Crippen molar-refractivity contribution in [3.63, 3.8) is 0 Å². The van der Waals surface area contributed by atoms with Crippen LogP contribution in [0.2, 0.25) is 0 Å². The van der Waals surface area contributed by atoms with Gasteiger partial charge in [-0.25, -0.2) is 0 Å². The van der Waals surface area contributed by atoms with E-state index < -0.39 is 0 Å². The molecular formula is C58H37N3. The zero-order valence-electron chi connectivity index (χ0n) is 33.2. The molecule has 0 aliphatic rings. The summed E-state index contributed by atoms with van der Waals surface area (Å²) in [6, 6.07) is 82.9. The molecule has 0 aliphatic carbocycles. The molecule has 13 aromatic rings. The standard InChI is InChI=1S/C58H37N3/c1-2-12-42-32-47(27-24-38(42)10-1)59-45-16-7-14-43(33-45)44-15-8-17-46(34-44)60(49-29-26-41-23-22-40-25-28-48(59)35-53(40)54(41)36-49)50-30-31-58-55(37-50)52-19-5-6-20-57(52)61(58)56-21-9-13-39-11-3-4-18-51(39)56/h1-37H. The van der Waals surface area contributed by atoms with Gasteiger partial charge in [-0.3, -0.25) is 0 Å². The van der Waals surface area contributed by atoms with Crippen LogP contribution in [0.25, 0.3) is 115 Å². The van der Waals surface area contributed by atoms with Gasteiger partial charge in [0.25, 0.3) is 0 Å². The van der Waals surface area contributed by atoms with Crippen LogP contribution in [-0.4, -0.2) is 13.7 Å². The van der Waals surface area contributed by atoms with Crippen molar-refractivity contribution in [3.05, 3.63) is 224 Å². The first-order chi connectivity index (χ1) is 30.2. The van der Waals surface area contributed by atoms with Crippen molar-refractivity contribution in [2.75, 3.05) is 0 Å². The Morgan fingerprint density at radius 2 is 0.672 bits per heavy atom. The topological polar surface area (TPSA) is 14.8 Å². The van der Waals surface area contributed by atoms with Gasteiger partial charge in [0.1, 0.15) is 0 Å². The fourth-order valence-electron chi connectivity index (χ4n) is 9.93. The normalized spacial score (nSPS) is 11.9. The summed E-state index contributed by atoms with van der Waals surface area (Å²) in [5.41, 5.74) is 10.2. The molecule has 0 fully saturated rings. The smallest absolute Gasteiger partial charge is 0.0542 e. The van der Waals surface area contributed by atoms with Gasteiger partial charge >= 0.3 is 0 Å². The summed E-state index contributed by atoms with van der Waals surface area (Å²) < 4.78 is 7.28. The number of hydrogen-bond donors (Lipinski definition) is 0. The largest absolute Gasteiger partial charge is 0.310 e. The van der Waals surface area contributed by atoms with E-state index in [0.717, 1.165) is 44.2 Å². The fraction of sp³-hybridized carbons (Fsp3) is 0. The lowest BCUT2D eigenvalue weighted by Crippen LogP contribution is -1.99. The van der Waals surface area contributed by atoms with E-state index in [2.05, 4.69) is 238 Å². The van der Waals surface area contributed by atoms with E-state index in [-0.39, 0.29) is 0 Å². The number of nitrogens with zero attached hydrogens (tertiary/aromatic N) is 3. The van der Waals surface area contributed by atoms with Gasteiger partial charge in [0, 0.05) is 49.6 Å². The summed E-state index contributed by atoms with van der Waals surface area (Å²) in [6.45, 7) is 0. The molecule has 61 heavy (non-hydrogen) atoms. The highest BCUT2D eigenvalue weighted by Gasteiger charge is 2.16. The highest BCUT2D eigenvalue weighted by molar-refractivity contribution is 6.12. The molecule has 0 spiro atoms. The Kier molecular flexibility index (Phi) is 7.31. The Hall–Kier alpha value is -8.14. The molecule has 0 unspecified atom stereocenters. The molecular weight excluding hydrogens is 739 g/mol. The minimum atomic E-state index is 1.10. The predicted octanol–water partition coefficient (Wildman–Crippen LogP) is 15.6. The Morgan fingerprint density at radius 1 is 0.213 bits per heavy atom. The van der Waals surface area contributed by atoms with Crippen LogP contribution in [0.15, 0.2) is 224 Å². The van der Waals surface area contributed by atoms with E-state index in [1.165, 1.54) is 70.6 Å². The Morgan fingerprint density at radius 3 is 1.39 bits per heavy atom. The Bertz CT molecular complexity index is 4000. The molecule has 0 radical (unpaired) electrons. The van der Waals surface area contributed by atoms with Gasteiger partial charge < -0.3 is 13.7 Å². The van der Waals surface area contributed by atoms with Gasteiger partial charge in [0.2, 0.25) is 0 Å². The van der Waals surface area contributed by atoms with Crippen LogP contribution < -0.4 is 0 Å². The number of fused-ring (bicyclic) bond motifs is 12. The molecule has 0 N–H and O–H groups in total. The van der Waals surface area contributed by atoms with Crippen molar-refractivity contribution in [2.45, 2.75) is 0 Å². The minimum Gasteiger partial charge on any atom is -0.310 e. The first-order valence-electron chi connectivity index (χ1n) is 21.0. The summed E-state index contributed by atoms with van der Waals surface area (Å²) in [6.07, 6.45) is 0. The molecule has 2 aromatic heterocycles. The summed E-state index contributed by atoms with van der Waals surface area (Å²) in [5, 5.41) is 14.5. The van der Waals surface area contributed by atoms with Crippen LogP contribution in [0.5, 0.6) is 0 Å². The van der Waals surface area contributed by atoms with Gasteiger partial charge in [-0.05, 0) is 139 Å². The zero-order chi connectivity index (χ0) is 40.0. The molecule has 3 heteroatoms. The molecule has 0 atom stereocenters. The number of rotatable bonds is 3. The van der Waals surface area contributed by atoms with Crippen molar-refractivity contribution >= 4 is 97.7 Å². The average molecular weight is 776 g/mol. The molecule has 0 aliphatic heterocycles. The minimum absolute atomic E-state index is 1.10. The number of para-hydroxylation sites is 1. The van der Waals surface area contributed by atoms with Crippen molar-refractivity contribution in [2.24, 2.45) is 0 Å². The quantitative estimate of drug-likeness (QED) is 0.159. The molecule has 284 valence electrons. The number of aromatic nitrogens is 3. The summed E-state index contributed by atoms with van der Waals surface area (Å²) in [5.74, 6) is 0. The molecule has 11 aromatic carbocycles. The second-order valence-corrected chi connectivity index (χ2v) is 16.2. The van der Waals surface area contributed by atoms with E-state index in [1.807, 2.05) is 0 Å². The first kappa shape index (κ1) is 33.8. The number of hydrogen-bond acceptors (Lipinski definition) is 0. The third-order valence-corrected chi connectivity index (χ3v) is 12.8. The van der Waals surface area contributed by atoms with Gasteiger partial charge in [0.05, 0.1) is 16.7 Å². The van der Waals surface area contributed by atoms with E-state index in [0.29, 0.717) is 0 Å². The molecule has 0 saturated heterocycles. The monoisotopic (exact) mass is 775 g/mol. The molecule has 2 heterocycles. The SMILES string of the molecule is c1ccc2cc(-n3c4cccc(c4)c4cccc(c4)n(-c4ccc5c(c4)c4ccccc4n5-c4cccc5ccccc45)c4ccc5ccc6ccc3cc6c5c4)ccc2c1. The van der Waals surface area contributed by atoms with E-state index in [9.17, 15) is 0 Å². The van der Waals surface area contributed by atoms with E-state index in [4.69, 9.17) is 0 Å². The van der Waals surface area contributed by atoms with Crippen LogP contribution in [0.4, 0.5) is 0 Å². The van der Waals surface area contributed by atoms with Gasteiger partial charge in [0.15, 0.2) is 0 Å². The number of benzene rings is 11. The maximum Gasteiger partial charge on any atom is 0.0542 e. The molecule has 0 amide bonds. The molecule has 3 nitrogen and oxygen atoms in total. The zero-order valence-corrected chi connectivity index (χ0v) is 33.2. The maximum absolute atomic E-state index is 2.44. The predicted molar refractivity (Wildman–Crippen MR) is 260 cm³/mol. The van der Waals surface area contributed by atoms with E-state index >= 15 is 0 Å². The third kappa shape index (κ3) is 5.31. The van der Waals surface area contributed by atoms with Crippen LogP contribution >= 0.6 is 0 Å². The third-order valence-electron chi connectivity index (χ3n) is 12.8. The second-order valence-electron chi connectivity index (χ2n) is 16.2. The lowest BCUT2D eigenvalue weighted by atomic mass is 10.0. The van der Waals surface area contributed by atoms with Crippen LogP contribution in [0.1, 0.15) is 0 Å². The van der Waals surface area contributed by atoms with E-state index in [1.54, 1.807) is 0 Å². The van der Waals surface area contributed by atoms with Crippen molar-refractivity contribution in [3.8, 4) is 17.1 Å². The molecule has 8 bridgehead atoms. The highest BCUT2D eigenvalue weighted by atomic mass is 15.0. The lowest BCUT2D eigenvalue weighted by Gasteiger charge is -2.16. The van der Waals surface area contributed by atoms with Crippen molar-refractivity contribution < 1.29 is 0 Å². The average Bonchev–Trinajstić information content (AvgIpc) is 3.65. The highest BCUT2D eigenvalue weighted by Crippen LogP contribution is 2.37. The second kappa shape index (κ2) is 13.2. The van der Waals surface area contributed by atoms with Crippen LogP contribution in [0, 0.1) is 0 Å². The Balaban J connectivity index is 1.14. The molecule has 13 rings (SSSR count). The Labute approximate surface area is 351 Å². The summed E-state index contributed by atoms with van der Waals surface area (Å²) >= 11 is 0. The summed E-state index contributed by atoms with van der Waals surface area (Å²) in [7, 11) is 0. The van der Waals surface area contributed by atoms with Gasteiger partial charge in [-0.1, -0.05) is 133 Å². The molecule has 0 saturated carbocycles. The van der Waals surface area contributed by atoms with Gasteiger partial charge in [-0.2, -0.15) is 0 Å². The first-order valence-corrected chi connectivity index (χ1v) is 21.0.